The summed E-state index contributed by atoms with van der Waals surface area (Å²) in [7, 11) is 3.66. The van der Waals surface area contributed by atoms with Gasteiger partial charge in [-0.25, -0.2) is 4.98 Å². The molecular weight excluding hydrogens is 580 g/mol. The zero-order valence-electron chi connectivity index (χ0n) is 26.2. The van der Waals surface area contributed by atoms with Crippen molar-refractivity contribution < 1.29 is 9.59 Å². The summed E-state index contributed by atoms with van der Waals surface area (Å²) in [5.74, 6) is 0.890. The van der Waals surface area contributed by atoms with Crippen molar-refractivity contribution in [3.8, 4) is 11.4 Å². The number of nitrogen functional groups attached to an aromatic ring is 1. The Morgan fingerprint density at radius 3 is 2.50 bits per heavy atom. The van der Waals surface area contributed by atoms with Gasteiger partial charge in [-0.15, -0.1) is 0 Å². The maximum Gasteiger partial charge on any atom is 0.237 e. The summed E-state index contributed by atoms with van der Waals surface area (Å²) < 4.78 is 3.34. The highest BCUT2D eigenvalue weighted by Gasteiger charge is 2.51. The van der Waals surface area contributed by atoms with Gasteiger partial charge in [0.05, 0.1) is 23.9 Å². The molecule has 236 valence electrons. The third-order valence-electron chi connectivity index (χ3n) is 9.59. The van der Waals surface area contributed by atoms with Crippen LogP contribution in [0.3, 0.4) is 0 Å². The van der Waals surface area contributed by atoms with E-state index in [2.05, 4.69) is 38.3 Å². The fourth-order valence-corrected chi connectivity index (χ4v) is 6.93. The quantitative estimate of drug-likeness (QED) is 0.240. The van der Waals surface area contributed by atoms with Crippen LogP contribution in [0.1, 0.15) is 36.0 Å². The van der Waals surface area contributed by atoms with Gasteiger partial charge in [0.1, 0.15) is 6.33 Å². The zero-order valence-corrected chi connectivity index (χ0v) is 26.2. The molecule has 2 saturated heterocycles. The Morgan fingerprint density at radius 1 is 1.02 bits per heavy atom. The van der Waals surface area contributed by atoms with Crippen molar-refractivity contribution in [2.24, 2.45) is 19.5 Å². The van der Waals surface area contributed by atoms with Gasteiger partial charge in [-0.3, -0.25) is 29.3 Å². The molecule has 0 aliphatic carbocycles. The summed E-state index contributed by atoms with van der Waals surface area (Å²) in [6, 6.07) is 13.7. The minimum absolute atomic E-state index is 0.0847. The molecule has 7 rings (SSSR count). The van der Waals surface area contributed by atoms with Gasteiger partial charge in [0.15, 0.2) is 5.82 Å². The molecule has 3 N–H and O–H groups in total. The van der Waals surface area contributed by atoms with E-state index in [4.69, 9.17) is 11.1 Å². The molecule has 46 heavy (non-hydrogen) atoms. The van der Waals surface area contributed by atoms with E-state index >= 15 is 0 Å². The molecule has 0 bridgehead atoms. The van der Waals surface area contributed by atoms with Crippen LogP contribution in [-0.2, 0) is 23.7 Å². The summed E-state index contributed by atoms with van der Waals surface area (Å²) in [5.41, 5.74) is 11.9. The van der Waals surface area contributed by atoms with E-state index in [9.17, 15) is 9.59 Å². The van der Waals surface area contributed by atoms with Gasteiger partial charge in [0.2, 0.25) is 11.8 Å². The first-order valence-corrected chi connectivity index (χ1v) is 15.6. The second-order valence-electron chi connectivity index (χ2n) is 12.6. The lowest BCUT2D eigenvalue weighted by atomic mass is 9.85. The number of nitrogens with one attached hydrogen (secondary N) is 1. The maximum absolute atomic E-state index is 13.9. The molecule has 2 aromatic carbocycles. The Bertz CT molecular complexity index is 1860. The number of likely N-dealkylation sites (tertiary alicyclic amines) is 1. The Labute approximate surface area is 267 Å². The molecular formula is C34H38N10O2. The smallest absolute Gasteiger partial charge is 0.237 e. The highest BCUT2D eigenvalue weighted by Crippen LogP contribution is 2.43. The van der Waals surface area contributed by atoms with E-state index in [0.717, 1.165) is 42.6 Å². The average Bonchev–Trinajstić information content (AvgIpc) is 3.87. The first-order chi connectivity index (χ1) is 22.2. The minimum Gasteiger partial charge on any atom is -0.398 e. The Balaban J connectivity index is 0.957. The van der Waals surface area contributed by atoms with Crippen molar-refractivity contribution in [3.05, 3.63) is 84.0 Å². The Kier molecular flexibility index (Phi) is 7.52. The maximum atomic E-state index is 13.9. The largest absolute Gasteiger partial charge is 0.398 e. The first-order valence-electron chi connectivity index (χ1n) is 15.6. The number of nitrogens with zero attached hydrogens (tertiary/aromatic N) is 8. The number of aryl methyl sites for hydroxylation is 2. The predicted molar refractivity (Wildman–Crippen MR) is 176 cm³/mol. The summed E-state index contributed by atoms with van der Waals surface area (Å²) in [6.07, 6.45) is 9.52. The van der Waals surface area contributed by atoms with Gasteiger partial charge >= 0.3 is 0 Å². The van der Waals surface area contributed by atoms with Gasteiger partial charge in [-0.1, -0.05) is 30.3 Å². The SMILES string of the molecule is Cn1cc(C(=N)c2cc(N3CC[C@]4(CCN(CC(=O)N5CC=C(c6ccc(-c7ncn(C)n7)cc6)CC5)C4)C3=O)ccc2N)cn1. The lowest BCUT2D eigenvalue weighted by molar-refractivity contribution is -0.132. The minimum atomic E-state index is -0.495. The number of amides is 2. The van der Waals surface area contributed by atoms with E-state index in [1.807, 2.05) is 41.1 Å². The third-order valence-corrected chi connectivity index (χ3v) is 9.59. The first kappa shape index (κ1) is 29.6. The molecule has 3 aliphatic heterocycles. The number of rotatable bonds is 7. The lowest BCUT2D eigenvalue weighted by Gasteiger charge is -2.29. The standard InChI is InChI=1S/C34H38N10O2/c1-40-19-26(18-38-40)31(36)28-17-27(7-8-29(28)35)44-16-12-34(33(44)46)11-15-42(21-34)20-30(45)43-13-9-24(10-14-43)23-3-5-25(6-4-23)32-37-22-41(2)39-32/h3-9,17-19,22,36H,10-16,20-21,35H2,1-2H3/t34-/m0/s1. The molecule has 5 heterocycles. The average molecular weight is 619 g/mol. The van der Waals surface area contributed by atoms with Crippen LogP contribution >= 0.6 is 0 Å². The fourth-order valence-electron chi connectivity index (χ4n) is 6.93. The van der Waals surface area contributed by atoms with E-state index in [1.54, 1.807) is 41.2 Å². The predicted octanol–water partition coefficient (Wildman–Crippen LogP) is 2.96. The molecule has 1 spiro atoms. The molecule has 12 heteroatoms. The van der Waals surface area contributed by atoms with Gasteiger partial charge in [-0.2, -0.15) is 10.2 Å². The van der Waals surface area contributed by atoms with E-state index in [0.29, 0.717) is 55.4 Å². The van der Waals surface area contributed by atoms with Gasteiger partial charge in [0, 0.05) is 74.5 Å². The van der Waals surface area contributed by atoms with Crippen LogP contribution in [0.15, 0.2) is 67.3 Å². The molecule has 2 aromatic heterocycles. The normalized spacial score (nSPS) is 20.1. The van der Waals surface area contributed by atoms with Crippen molar-refractivity contribution in [3.63, 3.8) is 0 Å². The monoisotopic (exact) mass is 618 g/mol. The van der Waals surface area contributed by atoms with Crippen LogP contribution in [0.25, 0.3) is 17.0 Å². The highest BCUT2D eigenvalue weighted by molar-refractivity contribution is 6.14. The van der Waals surface area contributed by atoms with Crippen LogP contribution < -0.4 is 10.6 Å². The number of anilines is 2. The molecule has 0 unspecified atom stereocenters. The molecule has 12 nitrogen and oxygen atoms in total. The molecule has 0 radical (unpaired) electrons. The van der Waals surface area contributed by atoms with Crippen molar-refractivity contribution >= 4 is 34.5 Å². The van der Waals surface area contributed by atoms with Crippen LogP contribution in [-0.4, -0.2) is 91.1 Å². The van der Waals surface area contributed by atoms with Gasteiger partial charge in [-0.05, 0) is 55.1 Å². The molecule has 2 amide bonds. The van der Waals surface area contributed by atoms with Gasteiger partial charge < -0.3 is 15.5 Å². The van der Waals surface area contributed by atoms with Crippen LogP contribution in [0.5, 0.6) is 0 Å². The third kappa shape index (κ3) is 5.49. The zero-order chi connectivity index (χ0) is 32.0. The number of carbonyl (C=O) groups excluding carboxylic acids is 2. The van der Waals surface area contributed by atoms with Crippen molar-refractivity contribution in [1.82, 2.24) is 34.3 Å². The number of nitrogens with two attached hydrogens (primary N) is 1. The summed E-state index contributed by atoms with van der Waals surface area (Å²) in [5, 5.41) is 17.2. The van der Waals surface area contributed by atoms with Crippen LogP contribution in [0.2, 0.25) is 0 Å². The second-order valence-corrected chi connectivity index (χ2v) is 12.6. The van der Waals surface area contributed by atoms with E-state index in [1.165, 1.54) is 5.57 Å². The number of hydrogen-bond acceptors (Lipinski definition) is 8. The second kappa shape index (κ2) is 11.7. The van der Waals surface area contributed by atoms with E-state index < -0.39 is 5.41 Å². The summed E-state index contributed by atoms with van der Waals surface area (Å²) in [6.45, 7) is 3.47. The Hall–Kier alpha value is -5.10. The summed E-state index contributed by atoms with van der Waals surface area (Å²) in [4.78, 5) is 37.4. The molecule has 4 aromatic rings. The highest BCUT2D eigenvalue weighted by atomic mass is 16.2. The molecule has 1 atom stereocenters. The lowest BCUT2D eigenvalue weighted by Crippen LogP contribution is -2.43. The van der Waals surface area contributed by atoms with Crippen molar-refractivity contribution in [2.45, 2.75) is 19.3 Å². The molecule has 2 fully saturated rings. The molecule has 3 aliphatic rings. The summed E-state index contributed by atoms with van der Waals surface area (Å²) >= 11 is 0. The van der Waals surface area contributed by atoms with Crippen molar-refractivity contribution in [2.75, 3.05) is 49.9 Å². The van der Waals surface area contributed by atoms with E-state index in [-0.39, 0.29) is 17.5 Å². The number of benzene rings is 2. The topological polar surface area (TPSA) is 142 Å². The van der Waals surface area contributed by atoms with Crippen LogP contribution in [0, 0.1) is 10.8 Å². The Morgan fingerprint density at radius 2 is 1.80 bits per heavy atom. The molecule has 0 saturated carbocycles. The number of hydrogen-bond donors (Lipinski definition) is 2. The van der Waals surface area contributed by atoms with Gasteiger partial charge in [0.25, 0.3) is 0 Å². The number of carbonyl (C=O) groups is 2. The van der Waals surface area contributed by atoms with Crippen LogP contribution in [0.4, 0.5) is 11.4 Å². The number of aromatic nitrogens is 5. The fraction of sp³-hybridized carbons (Fsp3) is 0.353. The van der Waals surface area contributed by atoms with Crippen molar-refractivity contribution in [1.29, 1.82) is 5.41 Å².